The van der Waals surface area contributed by atoms with Crippen LogP contribution in [-0.4, -0.2) is 15.3 Å². The van der Waals surface area contributed by atoms with Crippen LogP contribution < -0.4 is 5.32 Å². The van der Waals surface area contributed by atoms with Gasteiger partial charge in [-0.2, -0.15) is 0 Å². The molecule has 0 bridgehead atoms. The number of nitrogens with one attached hydrogen (secondary N) is 1. The maximum atomic E-state index is 12.2. The summed E-state index contributed by atoms with van der Waals surface area (Å²) in [4.78, 5) is 16.3. The molecule has 0 unspecified atom stereocenters. The van der Waals surface area contributed by atoms with Gasteiger partial charge >= 0.3 is 0 Å². The maximum absolute atomic E-state index is 12.2. The smallest absolute Gasteiger partial charge is 0.274 e. The Kier molecular flexibility index (Phi) is 2.93. The molecule has 0 saturated carbocycles. The Morgan fingerprint density at radius 3 is 2.74 bits per heavy atom. The standard InChI is InChI=1S/C14H10ClN3O/c15-10-4-6-11(7-5-10)17-14(19)12-9-16-13-3-1-2-8-18(12)13/h1-9H,(H,17,19). The van der Waals surface area contributed by atoms with E-state index in [4.69, 9.17) is 11.6 Å². The zero-order valence-electron chi connectivity index (χ0n) is 9.88. The molecule has 0 atom stereocenters. The Labute approximate surface area is 114 Å². The first kappa shape index (κ1) is 11.7. The molecule has 4 nitrogen and oxygen atoms in total. The molecule has 0 spiro atoms. The minimum atomic E-state index is -0.207. The van der Waals surface area contributed by atoms with Gasteiger partial charge in [0.25, 0.3) is 5.91 Å². The van der Waals surface area contributed by atoms with E-state index in [1.165, 1.54) is 0 Å². The summed E-state index contributed by atoms with van der Waals surface area (Å²) in [6.45, 7) is 0. The summed E-state index contributed by atoms with van der Waals surface area (Å²) in [7, 11) is 0. The zero-order chi connectivity index (χ0) is 13.2. The second-order valence-corrected chi connectivity index (χ2v) is 4.47. The van der Waals surface area contributed by atoms with E-state index in [0.717, 1.165) is 5.65 Å². The third kappa shape index (κ3) is 2.30. The molecule has 0 aliphatic rings. The molecule has 1 N–H and O–H groups in total. The summed E-state index contributed by atoms with van der Waals surface area (Å²) >= 11 is 5.80. The van der Waals surface area contributed by atoms with Crippen LogP contribution in [0.4, 0.5) is 5.69 Å². The Balaban J connectivity index is 1.90. The molecule has 0 radical (unpaired) electrons. The van der Waals surface area contributed by atoms with Crippen LogP contribution in [0.3, 0.4) is 0 Å². The van der Waals surface area contributed by atoms with Crippen LogP contribution in [0.1, 0.15) is 10.5 Å². The van der Waals surface area contributed by atoms with Gasteiger partial charge in [-0.1, -0.05) is 17.7 Å². The number of pyridine rings is 1. The van der Waals surface area contributed by atoms with Gasteiger partial charge in [-0.25, -0.2) is 4.98 Å². The molecular formula is C14H10ClN3O. The van der Waals surface area contributed by atoms with Crippen molar-refractivity contribution in [1.82, 2.24) is 9.38 Å². The first-order chi connectivity index (χ1) is 9.24. The molecular weight excluding hydrogens is 262 g/mol. The Hall–Kier alpha value is -2.33. The predicted molar refractivity (Wildman–Crippen MR) is 74.6 cm³/mol. The normalized spacial score (nSPS) is 10.6. The number of nitrogens with zero attached hydrogens (tertiary/aromatic N) is 2. The number of rotatable bonds is 2. The number of hydrogen-bond donors (Lipinski definition) is 1. The van der Waals surface area contributed by atoms with Gasteiger partial charge in [0.2, 0.25) is 0 Å². The summed E-state index contributed by atoms with van der Waals surface area (Å²) < 4.78 is 1.74. The van der Waals surface area contributed by atoms with E-state index in [0.29, 0.717) is 16.4 Å². The SMILES string of the molecule is O=C(Nc1ccc(Cl)cc1)c1cnc2ccccn12. The van der Waals surface area contributed by atoms with Crippen LogP contribution in [0.2, 0.25) is 5.02 Å². The van der Waals surface area contributed by atoms with Gasteiger partial charge in [-0.3, -0.25) is 9.20 Å². The fourth-order valence-electron chi connectivity index (χ4n) is 1.83. The van der Waals surface area contributed by atoms with Crippen molar-refractivity contribution in [1.29, 1.82) is 0 Å². The van der Waals surface area contributed by atoms with Crippen molar-refractivity contribution in [3.05, 3.63) is 65.6 Å². The number of hydrogen-bond acceptors (Lipinski definition) is 2. The van der Waals surface area contributed by atoms with Crippen molar-refractivity contribution in [2.75, 3.05) is 5.32 Å². The lowest BCUT2D eigenvalue weighted by molar-refractivity contribution is 0.102. The van der Waals surface area contributed by atoms with Crippen molar-refractivity contribution in [3.63, 3.8) is 0 Å². The number of halogens is 1. The van der Waals surface area contributed by atoms with E-state index in [9.17, 15) is 4.79 Å². The van der Waals surface area contributed by atoms with E-state index in [1.807, 2.05) is 18.2 Å². The average Bonchev–Trinajstić information content (AvgIpc) is 2.85. The number of benzene rings is 1. The van der Waals surface area contributed by atoms with Crippen LogP contribution in [-0.2, 0) is 0 Å². The van der Waals surface area contributed by atoms with Crippen molar-refractivity contribution in [2.45, 2.75) is 0 Å². The topological polar surface area (TPSA) is 46.4 Å². The van der Waals surface area contributed by atoms with Crippen LogP contribution >= 0.6 is 11.6 Å². The lowest BCUT2D eigenvalue weighted by Crippen LogP contribution is -2.14. The third-order valence-electron chi connectivity index (χ3n) is 2.75. The molecule has 0 saturated heterocycles. The highest BCUT2D eigenvalue weighted by atomic mass is 35.5. The number of amides is 1. The summed E-state index contributed by atoms with van der Waals surface area (Å²) in [6.07, 6.45) is 3.36. The molecule has 0 aliphatic carbocycles. The fraction of sp³-hybridized carbons (Fsp3) is 0. The van der Waals surface area contributed by atoms with E-state index < -0.39 is 0 Å². The summed E-state index contributed by atoms with van der Waals surface area (Å²) in [5, 5.41) is 3.44. The van der Waals surface area contributed by atoms with Gasteiger partial charge in [-0.15, -0.1) is 0 Å². The first-order valence-electron chi connectivity index (χ1n) is 5.73. The van der Waals surface area contributed by atoms with E-state index in [1.54, 1.807) is 41.1 Å². The average molecular weight is 272 g/mol. The molecule has 19 heavy (non-hydrogen) atoms. The van der Waals surface area contributed by atoms with Crippen LogP contribution in [0.15, 0.2) is 54.9 Å². The molecule has 3 rings (SSSR count). The van der Waals surface area contributed by atoms with E-state index >= 15 is 0 Å². The Bertz CT molecular complexity index is 734. The van der Waals surface area contributed by atoms with Crippen molar-refractivity contribution in [2.24, 2.45) is 0 Å². The fourth-order valence-corrected chi connectivity index (χ4v) is 1.95. The monoisotopic (exact) mass is 271 g/mol. The molecule has 0 aliphatic heterocycles. The van der Waals surface area contributed by atoms with Gasteiger partial charge in [0.1, 0.15) is 11.3 Å². The Morgan fingerprint density at radius 1 is 1.16 bits per heavy atom. The summed E-state index contributed by atoms with van der Waals surface area (Å²) in [5.74, 6) is -0.207. The molecule has 2 heterocycles. The predicted octanol–water partition coefficient (Wildman–Crippen LogP) is 3.24. The van der Waals surface area contributed by atoms with Gasteiger partial charge in [-0.05, 0) is 36.4 Å². The molecule has 3 aromatic rings. The highest BCUT2D eigenvalue weighted by Crippen LogP contribution is 2.15. The molecule has 1 amide bonds. The second-order valence-electron chi connectivity index (χ2n) is 4.03. The highest BCUT2D eigenvalue weighted by molar-refractivity contribution is 6.30. The van der Waals surface area contributed by atoms with Gasteiger partial charge in [0.05, 0.1) is 6.20 Å². The van der Waals surface area contributed by atoms with Crippen molar-refractivity contribution in [3.8, 4) is 0 Å². The zero-order valence-corrected chi connectivity index (χ0v) is 10.6. The van der Waals surface area contributed by atoms with Gasteiger partial charge in [0.15, 0.2) is 0 Å². The molecule has 1 aromatic carbocycles. The lowest BCUT2D eigenvalue weighted by atomic mass is 10.3. The lowest BCUT2D eigenvalue weighted by Gasteiger charge is -2.04. The molecule has 94 valence electrons. The quantitative estimate of drug-likeness (QED) is 0.778. The van der Waals surface area contributed by atoms with Gasteiger partial charge in [0, 0.05) is 16.9 Å². The largest absolute Gasteiger partial charge is 0.321 e. The number of aromatic nitrogens is 2. The first-order valence-corrected chi connectivity index (χ1v) is 6.11. The van der Waals surface area contributed by atoms with Crippen molar-refractivity contribution >= 4 is 28.8 Å². The number of fused-ring (bicyclic) bond motifs is 1. The number of carbonyl (C=O) groups is 1. The highest BCUT2D eigenvalue weighted by Gasteiger charge is 2.11. The number of imidazole rings is 1. The Morgan fingerprint density at radius 2 is 1.95 bits per heavy atom. The minimum Gasteiger partial charge on any atom is -0.321 e. The third-order valence-corrected chi connectivity index (χ3v) is 3.00. The summed E-state index contributed by atoms with van der Waals surface area (Å²) in [6, 6.07) is 12.5. The van der Waals surface area contributed by atoms with Crippen molar-refractivity contribution < 1.29 is 4.79 Å². The maximum Gasteiger partial charge on any atom is 0.274 e. The van der Waals surface area contributed by atoms with E-state index in [-0.39, 0.29) is 5.91 Å². The van der Waals surface area contributed by atoms with Gasteiger partial charge < -0.3 is 5.32 Å². The summed E-state index contributed by atoms with van der Waals surface area (Å²) in [5.41, 5.74) is 1.93. The number of anilines is 1. The number of carbonyl (C=O) groups excluding carboxylic acids is 1. The van der Waals surface area contributed by atoms with Crippen LogP contribution in [0, 0.1) is 0 Å². The van der Waals surface area contributed by atoms with Crippen LogP contribution in [0.5, 0.6) is 0 Å². The van der Waals surface area contributed by atoms with E-state index in [2.05, 4.69) is 10.3 Å². The molecule has 0 fully saturated rings. The van der Waals surface area contributed by atoms with Crippen LogP contribution in [0.25, 0.3) is 5.65 Å². The molecule has 5 heteroatoms. The molecule has 2 aromatic heterocycles. The second kappa shape index (κ2) is 4.74. The minimum absolute atomic E-state index is 0.207.